The summed E-state index contributed by atoms with van der Waals surface area (Å²) < 4.78 is 0. The molecule has 2 rings (SSSR count). The van der Waals surface area contributed by atoms with Crippen LogP contribution in [0.3, 0.4) is 0 Å². The summed E-state index contributed by atoms with van der Waals surface area (Å²) in [5, 5.41) is 5.86. The molecule has 20 heavy (non-hydrogen) atoms. The van der Waals surface area contributed by atoms with Gasteiger partial charge < -0.3 is 15.5 Å². The molecule has 6 nitrogen and oxygen atoms in total. The highest BCUT2D eigenvalue weighted by molar-refractivity contribution is 5.92. The number of likely N-dealkylation sites (tertiary alicyclic amines) is 1. The molecule has 1 aliphatic rings. The van der Waals surface area contributed by atoms with Gasteiger partial charge in [0, 0.05) is 19.6 Å². The molecule has 1 aliphatic heterocycles. The second-order valence-electron chi connectivity index (χ2n) is 5.28. The van der Waals surface area contributed by atoms with Gasteiger partial charge in [-0.25, -0.2) is 4.98 Å². The maximum Gasteiger partial charge on any atom is 0.271 e. The third-order valence-corrected chi connectivity index (χ3v) is 3.48. The van der Waals surface area contributed by atoms with E-state index in [1.165, 1.54) is 25.5 Å². The average Bonchev–Trinajstić information content (AvgIpc) is 2.48. The van der Waals surface area contributed by atoms with E-state index in [0.29, 0.717) is 11.5 Å². The topological polar surface area (TPSA) is 70.2 Å². The molecule has 1 atom stereocenters. The standard InChI is InChI=1S/C14H23N5O/c1-11(10-19-6-4-3-5-7-19)17-14(20)12-8-16-9-13(15-2)18-12/h8-9,11H,3-7,10H2,1-2H3,(H,15,18)(H,17,20). The Kier molecular flexibility index (Phi) is 5.29. The number of hydrogen-bond donors (Lipinski definition) is 2. The van der Waals surface area contributed by atoms with Crippen molar-refractivity contribution in [2.45, 2.75) is 32.2 Å². The molecule has 0 bridgehead atoms. The molecule has 110 valence electrons. The van der Waals surface area contributed by atoms with Gasteiger partial charge in [-0.2, -0.15) is 0 Å². The summed E-state index contributed by atoms with van der Waals surface area (Å²) in [5.74, 6) is 0.431. The Morgan fingerprint density at radius 3 is 2.80 bits per heavy atom. The maximum atomic E-state index is 12.1. The lowest BCUT2D eigenvalue weighted by Crippen LogP contribution is -2.43. The second-order valence-corrected chi connectivity index (χ2v) is 5.28. The zero-order chi connectivity index (χ0) is 14.4. The van der Waals surface area contributed by atoms with E-state index in [4.69, 9.17) is 0 Å². The highest BCUT2D eigenvalue weighted by Crippen LogP contribution is 2.09. The number of hydrogen-bond acceptors (Lipinski definition) is 5. The van der Waals surface area contributed by atoms with Gasteiger partial charge in [-0.1, -0.05) is 6.42 Å². The van der Waals surface area contributed by atoms with Crippen LogP contribution in [0, 0.1) is 0 Å². The third kappa shape index (κ3) is 4.16. The van der Waals surface area contributed by atoms with Crippen LogP contribution < -0.4 is 10.6 Å². The summed E-state index contributed by atoms with van der Waals surface area (Å²) in [6, 6.07) is 0.112. The molecule has 1 fully saturated rings. The van der Waals surface area contributed by atoms with Gasteiger partial charge in [-0.15, -0.1) is 0 Å². The van der Waals surface area contributed by atoms with Crippen molar-refractivity contribution in [3.05, 3.63) is 18.1 Å². The first-order chi connectivity index (χ1) is 9.69. The summed E-state index contributed by atoms with van der Waals surface area (Å²) in [4.78, 5) is 22.7. The summed E-state index contributed by atoms with van der Waals surface area (Å²) >= 11 is 0. The van der Waals surface area contributed by atoms with E-state index in [2.05, 4.69) is 25.5 Å². The van der Waals surface area contributed by atoms with Crippen molar-refractivity contribution in [2.24, 2.45) is 0 Å². The number of carbonyl (C=O) groups excluding carboxylic acids is 1. The predicted octanol–water partition coefficient (Wildman–Crippen LogP) is 1.12. The highest BCUT2D eigenvalue weighted by atomic mass is 16.1. The van der Waals surface area contributed by atoms with Crippen LogP contribution in [0.5, 0.6) is 0 Å². The number of carbonyl (C=O) groups is 1. The van der Waals surface area contributed by atoms with Gasteiger partial charge in [0.05, 0.1) is 12.4 Å². The van der Waals surface area contributed by atoms with Crippen LogP contribution in [0.1, 0.15) is 36.7 Å². The molecule has 1 unspecified atom stereocenters. The van der Waals surface area contributed by atoms with E-state index in [9.17, 15) is 4.79 Å². The van der Waals surface area contributed by atoms with Crippen LogP contribution >= 0.6 is 0 Å². The molecule has 1 saturated heterocycles. The number of piperidine rings is 1. The Morgan fingerprint density at radius 1 is 1.35 bits per heavy atom. The van der Waals surface area contributed by atoms with Crippen molar-refractivity contribution in [3.63, 3.8) is 0 Å². The molecular formula is C14H23N5O. The number of aromatic nitrogens is 2. The lowest BCUT2D eigenvalue weighted by molar-refractivity contribution is 0.0920. The lowest BCUT2D eigenvalue weighted by Gasteiger charge is -2.29. The SMILES string of the molecule is CNc1cncc(C(=O)NC(C)CN2CCCCC2)n1. The van der Waals surface area contributed by atoms with E-state index in [-0.39, 0.29) is 11.9 Å². The van der Waals surface area contributed by atoms with Crippen LogP contribution in [0.15, 0.2) is 12.4 Å². The number of nitrogens with zero attached hydrogens (tertiary/aromatic N) is 3. The predicted molar refractivity (Wildman–Crippen MR) is 78.8 cm³/mol. The van der Waals surface area contributed by atoms with Crippen molar-refractivity contribution >= 4 is 11.7 Å². The smallest absolute Gasteiger partial charge is 0.271 e. The molecular weight excluding hydrogens is 254 g/mol. The Balaban J connectivity index is 1.86. The molecule has 1 aromatic heterocycles. The minimum absolute atomic E-state index is 0.112. The Hall–Kier alpha value is -1.69. The first kappa shape index (κ1) is 14.7. The maximum absolute atomic E-state index is 12.1. The lowest BCUT2D eigenvalue weighted by atomic mass is 10.1. The molecule has 0 aromatic carbocycles. The van der Waals surface area contributed by atoms with Crippen LogP contribution in [-0.4, -0.2) is 53.5 Å². The molecule has 2 heterocycles. The van der Waals surface area contributed by atoms with E-state index in [0.717, 1.165) is 19.6 Å². The van der Waals surface area contributed by atoms with Crippen LogP contribution in [0.4, 0.5) is 5.82 Å². The van der Waals surface area contributed by atoms with Crippen LogP contribution in [0.25, 0.3) is 0 Å². The number of nitrogens with one attached hydrogen (secondary N) is 2. The van der Waals surface area contributed by atoms with Crippen molar-refractivity contribution in [3.8, 4) is 0 Å². The molecule has 0 spiro atoms. The minimum Gasteiger partial charge on any atom is -0.372 e. The van der Waals surface area contributed by atoms with E-state index < -0.39 is 0 Å². The molecule has 6 heteroatoms. The summed E-state index contributed by atoms with van der Waals surface area (Å²) in [7, 11) is 1.75. The Morgan fingerprint density at radius 2 is 2.10 bits per heavy atom. The van der Waals surface area contributed by atoms with Crippen LogP contribution in [0.2, 0.25) is 0 Å². The Labute approximate surface area is 120 Å². The van der Waals surface area contributed by atoms with Gasteiger partial charge in [0.1, 0.15) is 11.5 Å². The van der Waals surface area contributed by atoms with Crippen molar-refractivity contribution < 1.29 is 4.79 Å². The quantitative estimate of drug-likeness (QED) is 0.844. The number of anilines is 1. The van der Waals surface area contributed by atoms with Crippen LogP contribution in [-0.2, 0) is 0 Å². The molecule has 1 amide bonds. The molecule has 0 saturated carbocycles. The molecule has 1 aromatic rings. The number of rotatable bonds is 5. The fraction of sp³-hybridized carbons (Fsp3) is 0.643. The van der Waals surface area contributed by atoms with Gasteiger partial charge in [0.25, 0.3) is 5.91 Å². The van der Waals surface area contributed by atoms with Gasteiger partial charge in [-0.3, -0.25) is 9.78 Å². The van der Waals surface area contributed by atoms with Crippen molar-refractivity contribution in [1.82, 2.24) is 20.2 Å². The largest absolute Gasteiger partial charge is 0.372 e. The number of amides is 1. The first-order valence-corrected chi connectivity index (χ1v) is 7.22. The van der Waals surface area contributed by atoms with E-state index in [1.54, 1.807) is 13.2 Å². The monoisotopic (exact) mass is 277 g/mol. The minimum atomic E-state index is -0.167. The van der Waals surface area contributed by atoms with Gasteiger partial charge >= 0.3 is 0 Å². The van der Waals surface area contributed by atoms with Gasteiger partial charge in [-0.05, 0) is 32.9 Å². The van der Waals surface area contributed by atoms with E-state index >= 15 is 0 Å². The molecule has 0 radical (unpaired) electrons. The summed E-state index contributed by atoms with van der Waals surface area (Å²) in [5.41, 5.74) is 0.349. The summed E-state index contributed by atoms with van der Waals surface area (Å²) in [6.07, 6.45) is 6.92. The first-order valence-electron chi connectivity index (χ1n) is 7.22. The van der Waals surface area contributed by atoms with E-state index in [1.807, 2.05) is 6.92 Å². The summed E-state index contributed by atoms with van der Waals surface area (Å²) in [6.45, 7) is 5.19. The fourth-order valence-electron chi connectivity index (χ4n) is 2.47. The van der Waals surface area contributed by atoms with Gasteiger partial charge in [0.2, 0.25) is 0 Å². The highest BCUT2D eigenvalue weighted by Gasteiger charge is 2.16. The van der Waals surface area contributed by atoms with Crippen molar-refractivity contribution in [2.75, 3.05) is 32.0 Å². The zero-order valence-corrected chi connectivity index (χ0v) is 12.2. The Bertz CT molecular complexity index is 445. The second kappa shape index (κ2) is 7.19. The molecule has 0 aliphatic carbocycles. The van der Waals surface area contributed by atoms with Crippen molar-refractivity contribution in [1.29, 1.82) is 0 Å². The average molecular weight is 277 g/mol. The zero-order valence-electron chi connectivity index (χ0n) is 12.2. The normalized spacial score (nSPS) is 17.5. The molecule has 2 N–H and O–H groups in total. The third-order valence-electron chi connectivity index (χ3n) is 3.48. The fourth-order valence-corrected chi connectivity index (χ4v) is 2.47. The van der Waals surface area contributed by atoms with Gasteiger partial charge in [0.15, 0.2) is 0 Å².